The molecular formula is C15H20BrF3N2. The summed E-state index contributed by atoms with van der Waals surface area (Å²) in [6.45, 7) is 2.77. The van der Waals surface area contributed by atoms with Crippen molar-refractivity contribution in [1.29, 1.82) is 0 Å². The zero-order valence-corrected chi connectivity index (χ0v) is 13.8. The SMILES string of the molecule is CNC(C)c1ccc(N2CCCC(C(F)(F)F)C2)cc1Br. The van der Waals surface area contributed by atoms with Gasteiger partial charge in [0, 0.05) is 29.3 Å². The van der Waals surface area contributed by atoms with Crippen LogP contribution in [0.25, 0.3) is 0 Å². The summed E-state index contributed by atoms with van der Waals surface area (Å²) in [7, 11) is 1.88. The van der Waals surface area contributed by atoms with Gasteiger partial charge in [-0.15, -0.1) is 0 Å². The molecule has 0 aromatic heterocycles. The van der Waals surface area contributed by atoms with Crippen LogP contribution < -0.4 is 10.2 Å². The molecule has 0 radical (unpaired) electrons. The summed E-state index contributed by atoms with van der Waals surface area (Å²) in [4.78, 5) is 1.83. The lowest BCUT2D eigenvalue weighted by Crippen LogP contribution is -2.41. The smallest absolute Gasteiger partial charge is 0.371 e. The summed E-state index contributed by atoms with van der Waals surface area (Å²) in [5.74, 6) is -1.22. The van der Waals surface area contributed by atoms with E-state index in [4.69, 9.17) is 0 Å². The molecule has 0 amide bonds. The summed E-state index contributed by atoms with van der Waals surface area (Å²) in [5, 5.41) is 3.16. The van der Waals surface area contributed by atoms with Crippen LogP contribution in [0.2, 0.25) is 0 Å². The van der Waals surface area contributed by atoms with E-state index in [9.17, 15) is 13.2 Å². The Bertz CT molecular complexity index is 490. The highest BCUT2D eigenvalue weighted by Gasteiger charge is 2.41. The van der Waals surface area contributed by atoms with E-state index in [0.717, 1.165) is 15.7 Å². The average Bonchev–Trinajstić information content (AvgIpc) is 2.45. The molecule has 2 rings (SSSR count). The summed E-state index contributed by atoms with van der Waals surface area (Å²) in [5.41, 5.74) is 1.95. The molecule has 21 heavy (non-hydrogen) atoms. The third-order valence-electron chi connectivity index (χ3n) is 4.13. The number of anilines is 1. The van der Waals surface area contributed by atoms with Gasteiger partial charge in [-0.2, -0.15) is 13.2 Å². The molecule has 1 aromatic rings. The summed E-state index contributed by atoms with van der Waals surface area (Å²) in [6.07, 6.45) is -3.29. The Kier molecular flexibility index (Phi) is 5.20. The van der Waals surface area contributed by atoms with Crippen LogP contribution in [-0.2, 0) is 0 Å². The fraction of sp³-hybridized carbons (Fsp3) is 0.600. The van der Waals surface area contributed by atoms with Gasteiger partial charge in [0.25, 0.3) is 0 Å². The first-order valence-corrected chi connectivity index (χ1v) is 7.90. The molecule has 0 aliphatic carbocycles. The van der Waals surface area contributed by atoms with Crippen molar-refractivity contribution in [2.24, 2.45) is 5.92 Å². The zero-order valence-electron chi connectivity index (χ0n) is 12.2. The van der Waals surface area contributed by atoms with Crippen molar-refractivity contribution in [3.05, 3.63) is 28.2 Å². The van der Waals surface area contributed by atoms with Crippen molar-refractivity contribution in [3.8, 4) is 0 Å². The van der Waals surface area contributed by atoms with Crippen molar-refractivity contribution in [2.75, 3.05) is 25.0 Å². The normalized spacial score (nSPS) is 21.4. The topological polar surface area (TPSA) is 15.3 Å². The predicted molar refractivity (Wildman–Crippen MR) is 82.6 cm³/mol. The molecule has 2 nitrogen and oxygen atoms in total. The van der Waals surface area contributed by atoms with E-state index >= 15 is 0 Å². The van der Waals surface area contributed by atoms with E-state index in [2.05, 4.69) is 21.2 Å². The minimum Gasteiger partial charge on any atom is -0.371 e. The van der Waals surface area contributed by atoms with Gasteiger partial charge in [-0.3, -0.25) is 0 Å². The number of hydrogen-bond donors (Lipinski definition) is 1. The first-order valence-electron chi connectivity index (χ1n) is 7.11. The molecule has 1 aliphatic rings. The van der Waals surface area contributed by atoms with Gasteiger partial charge in [-0.1, -0.05) is 22.0 Å². The number of alkyl halides is 3. The van der Waals surface area contributed by atoms with Crippen LogP contribution in [0.1, 0.15) is 31.4 Å². The summed E-state index contributed by atoms with van der Waals surface area (Å²) >= 11 is 3.52. The van der Waals surface area contributed by atoms with Crippen molar-refractivity contribution < 1.29 is 13.2 Å². The molecule has 1 N–H and O–H groups in total. The Labute approximate surface area is 131 Å². The quantitative estimate of drug-likeness (QED) is 0.848. The highest BCUT2D eigenvalue weighted by molar-refractivity contribution is 9.10. The average molecular weight is 365 g/mol. The lowest BCUT2D eigenvalue weighted by molar-refractivity contribution is -0.175. The van der Waals surface area contributed by atoms with E-state index in [0.29, 0.717) is 13.0 Å². The third kappa shape index (κ3) is 3.92. The van der Waals surface area contributed by atoms with Gasteiger partial charge in [-0.05, 0) is 44.5 Å². The highest BCUT2D eigenvalue weighted by Crippen LogP contribution is 2.36. The van der Waals surface area contributed by atoms with Crippen LogP contribution in [0.3, 0.4) is 0 Å². The molecule has 6 heteroatoms. The molecule has 1 aromatic carbocycles. The van der Waals surface area contributed by atoms with E-state index in [-0.39, 0.29) is 19.0 Å². The molecule has 1 heterocycles. The number of piperidine rings is 1. The molecule has 1 saturated heterocycles. The van der Waals surface area contributed by atoms with E-state index in [1.54, 1.807) is 0 Å². The Morgan fingerprint density at radius 1 is 1.38 bits per heavy atom. The summed E-state index contributed by atoms with van der Waals surface area (Å²) in [6, 6.07) is 5.99. The number of nitrogens with zero attached hydrogens (tertiary/aromatic N) is 1. The molecule has 0 saturated carbocycles. The molecule has 1 aliphatic heterocycles. The maximum Gasteiger partial charge on any atom is 0.393 e. The Balaban J connectivity index is 2.17. The van der Waals surface area contributed by atoms with Gasteiger partial charge >= 0.3 is 6.18 Å². The van der Waals surface area contributed by atoms with E-state index in [1.807, 2.05) is 37.1 Å². The van der Waals surface area contributed by atoms with Crippen molar-refractivity contribution in [2.45, 2.75) is 32.0 Å². The van der Waals surface area contributed by atoms with Crippen LogP contribution in [0.4, 0.5) is 18.9 Å². The maximum absolute atomic E-state index is 12.9. The second kappa shape index (κ2) is 6.57. The van der Waals surface area contributed by atoms with Crippen LogP contribution in [0.15, 0.2) is 22.7 Å². The van der Waals surface area contributed by atoms with Gasteiger partial charge in [0.1, 0.15) is 0 Å². The Morgan fingerprint density at radius 2 is 2.10 bits per heavy atom. The minimum absolute atomic E-state index is 0.0524. The molecule has 0 spiro atoms. The standard InChI is InChI=1S/C15H20BrF3N2/c1-10(20-2)13-6-5-12(8-14(13)16)21-7-3-4-11(9-21)15(17,18)19/h5-6,8,10-11,20H,3-4,7,9H2,1-2H3. The number of hydrogen-bond acceptors (Lipinski definition) is 2. The second-order valence-corrected chi connectivity index (χ2v) is 6.40. The van der Waals surface area contributed by atoms with E-state index < -0.39 is 12.1 Å². The predicted octanol–water partition coefficient (Wildman–Crippen LogP) is 4.51. The van der Waals surface area contributed by atoms with Crippen LogP contribution in [0, 0.1) is 5.92 Å². The van der Waals surface area contributed by atoms with Gasteiger partial charge < -0.3 is 10.2 Å². The minimum atomic E-state index is -4.10. The van der Waals surface area contributed by atoms with Gasteiger partial charge in [0.2, 0.25) is 0 Å². The largest absolute Gasteiger partial charge is 0.393 e. The third-order valence-corrected chi connectivity index (χ3v) is 4.82. The van der Waals surface area contributed by atoms with Crippen LogP contribution in [-0.4, -0.2) is 26.3 Å². The lowest BCUT2D eigenvalue weighted by atomic mass is 9.96. The lowest BCUT2D eigenvalue weighted by Gasteiger charge is -2.35. The Morgan fingerprint density at radius 3 is 2.67 bits per heavy atom. The van der Waals surface area contributed by atoms with Crippen LogP contribution >= 0.6 is 15.9 Å². The number of rotatable bonds is 3. The molecule has 1 fully saturated rings. The molecule has 2 atom stereocenters. The van der Waals surface area contributed by atoms with Gasteiger partial charge in [0.05, 0.1) is 5.92 Å². The first-order chi connectivity index (χ1) is 9.82. The van der Waals surface area contributed by atoms with E-state index in [1.165, 1.54) is 0 Å². The molecule has 118 valence electrons. The number of benzene rings is 1. The zero-order chi connectivity index (χ0) is 15.6. The van der Waals surface area contributed by atoms with Gasteiger partial charge in [-0.25, -0.2) is 0 Å². The highest BCUT2D eigenvalue weighted by atomic mass is 79.9. The number of nitrogens with one attached hydrogen (secondary N) is 1. The maximum atomic E-state index is 12.9. The molecular weight excluding hydrogens is 345 g/mol. The first kappa shape index (κ1) is 16.6. The Hall–Kier alpha value is -0.750. The fourth-order valence-electron chi connectivity index (χ4n) is 2.70. The van der Waals surface area contributed by atoms with Gasteiger partial charge in [0.15, 0.2) is 0 Å². The van der Waals surface area contributed by atoms with Crippen molar-refractivity contribution in [3.63, 3.8) is 0 Å². The van der Waals surface area contributed by atoms with Crippen LogP contribution in [0.5, 0.6) is 0 Å². The monoisotopic (exact) mass is 364 g/mol. The molecule has 2 unspecified atom stereocenters. The fourth-order valence-corrected chi connectivity index (χ4v) is 3.41. The number of halogens is 4. The molecule has 0 bridgehead atoms. The summed E-state index contributed by atoms with van der Waals surface area (Å²) < 4.78 is 39.6. The van der Waals surface area contributed by atoms with Crippen molar-refractivity contribution >= 4 is 21.6 Å². The van der Waals surface area contributed by atoms with Crippen molar-refractivity contribution in [1.82, 2.24) is 5.32 Å². The second-order valence-electron chi connectivity index (χ2n) is 5.54.